The van der Waals surface area contributed by atoms with Crippen LogP contribution in [0.15, 0.2) is 36.4 Å². The molecule has 1 aromatic carbocycles. The van der Waals surface area contributed by atoms with E-state index in [9.17, 15) is 0 Å². The van der Waals surface area contributed by atoms with Crippen LogP contribution >= 0.6 is 0 Å². The van der Waals surface area contributed by atoms with Gasteiger partial charge in [-0.1, -0.05) is 18.7 Å². The SMILES string of the molecule is C=C(C)COc1ccc(CNCCCOC)cc1. The number of hydrogen-bond donors (Lipinski definition) is 1. The molecule has 0 unspecified atom stereocenters. The van der Waals surface area contributed by atoms with Crippen molar-refractivity contribution >= 4 is 0 Å². The third-order valence-corrected chi connectivity index (χ3v) is 2.44. The Morgan fingerprint density at radius 2 is 2.00 bits per heavy atom. The first-order chi connectivity index (χ1) is 8.72. The molecule has 0 aliphatic heterocycles. The number of ether oxygens (including phenoxy) is 2. The fourth-order valence-corrected chi connectivity index (χ4v) is 1.48. The number of benzene rings is 1. The lowest BCUT2D eigenvalue weighted by molar-refractivity contribution is 0.194. The zero-order valence-corrected chi connectivity index (χ0v) is 11.4. The highest BCUT2D eigenvalue weighted by molar-refractivity contribution is 5.27. The summed E-state index contributed by atoms with van der Waals surface area (Å²) in [7, 11) is 1.73. The molecule has 3 heteroatoms. The Morgan fingerprint density at radius 1 is 1.28 bits per heavy atom. The summed E-state index contributed by atoms with van der Waals surface area (Å²) >= 11 is 0. The molecule has 1 aromatic rings. The van der Waals surface area contributed by atoms with E-state index in [0.29, 0.717) is 6.61 Å². The van der Waals surface area contributed by atoms with Gasteiger partial charge in [-0.3, -0.25) is 0 Å². The monoisotopic (exact) mass is 249 g/mol. The molecule has 0 saturated heterocycles. The molecule has 1 rings (SSSR count). The first-order valence-corrected chi connectivity index (χ1v) is 6.28. The summed E-state index contributed by atoms with van der Waals surface area (Å²) in [4.78, 5) is 0. The van der Waals surface area contributed by atoms with Crippen molar-refractivity contribution in [2.75, 3.05) is 26.9 Å². The van der Waals surface area contributed by atoms with Gasteiger partial charge in [0, 0.05) is 20.3 Å². The van der Waals surface area contributed by atoms with Gasteiger partial charge in [-0.05, 0) is 43.2 Å². The lowest BCUT2D eigenvalue weighted by atomic mass is 10.2. The van der Waals surface area contributed by atoms with E-state index in [1.54, 1.807) is 7.11 Å². The van der Waals surface area contributed by atoms with Crippen molar-refractivity contribution < 1.29 is 9.47 Å². The molecule has 0 radical (unpaired) electrons. The molecule has 100 valence electrons. The predicted molar refractivity (Wildman–Crippen MR) is 75.0 cm³/mol. The van der Waals surface area contributed by atoms with E-state index in [4.69, 9.17) is 9.47 Å². The second-order valence-corrected chi connectivity index (χ2v) is 4.41. The Bertz CT molecular complexity index is 346. The fourth-order valence-electron chi connectivity index (χ4n) is 1.48. The van der Waals surface area contributed by atoms with Crippen LogP contribution in [-0.4, -0.2) is 26.9 Å². The van der Waals surface area contributed by atoms with Crippen LogP contribution in [0.1, 0.15) is 18.9 Å². The summed E-state index contributed by atoms with van der Waals surface area (Å²) in [5, 5.41) is 3.37. The van der Waals surface area contributed by atoms with Crippen LogP contribution in [0.4, 0.5) is 0 Å². The molecular weight excluding hydrogens is 226 g/mol. The number of methoxy groups -OCH3 is 1. The van der Waals surface area contributed by atoms with Crippen LogP contribution in [0.3, 0.4) is 0 Å². The summed E-state index contributed by atoms with van der Waals surface area (Å²) in [5.74, 6) is 0.890. The molecule has 0 saturated carbocycles. The molecule has 0 atom stereocenters. The van der Waals surface area contributed by atoms with Crippen LogP contribution in [0.2, 0.25) is 0 Å². The van der Waals surface area contributed by atoms with Crippen molar-refractivity contribution in [1.82, 2.24) is 5.32 Å². The van der Waals surface area contributed by atoms with Gasteiger partial charge in [0.25, 0.3) is 0 Å². The van der Waals surface area contributed by atoms with Gasteiger partial charge < -0.3 is 14.8 Å². The third-order valence-electron chi connectivity index (χ3n) is 2.44. The highest BCUT2D eigenvalue weighted by Gasteiger charge is 1.96. The molecule has 1 N–H and O–H groups in total. The minimum Gasteiger partial charge on any atom is -0.489 e. The maximum Gasteiger partial charge on any atom is 0.119 e. The largest absolute Gasteiger partial charge is 0.489 e. The number of rotatable bonds is 9. The quantitative estimate of drug-likeness (QED) is 0.539. The van der Waals surface area contributed by atoms with Gasteiger partial charge in [-0.25, -0.2) is 0 Å². The second-order valence-electron chi connectivity index (χ2n) is 4.41. The number of hydrogen-bond acceptors (Lipinski definition) is 3. The highest BCUT2D eigenvalue weighted by Crippen LogP contribution is 2.12. The van der Waals surface area contributed by atoms with Crippen LogP contribution in [-0.2, 0) is 11.3 Å². The standard InChI is InChI=1S/C15H23NO2/c1-13(2)12-18-15-7-5-14(6-8-15)11-16-9-4-10-17-3/h5-8,16H,1,4,9-12H2,2-3H3. The summed E-state index contributed by atoms with van der Waals surface area (Å²) in [6.45, 7) is 9.00. The Hall–Kier alpha value is -1.32. The Morgan fingerprint density at radius 3 is 2.61 bits per heavy atom. The normalized spacial score (nSPS) is 10.3. The molecule has 0 bridgehead atoms. The zero-order valence-electron chi connectivity index (χ0n) is 11.4. The predicted octanol–water partition coefficient (Wildman–Crippen LogP) is 2.77. The van der Waals surface area contributed by atoms with E-state index in [0.717, 1.165) is 37.4 Å². The molecular formula is C15H23NO2. The first-order valence-electron chi connectivity index (χ1n) is 6.28. The highest BCUT2D eigenvalue weighted by atomic mass is 16.5. The topological polar surface area (TPSA) is 30.5 Å². The van der Waals surface area contributed by atoms with Crippen molar-refractivity contribution in [2.45, 2.75) is 19.9 Å². The van der Waals surface area contributed by atoms with Gasteiger partial charge in [0.2, 0.25) is 0 Å². The maximum absolute atomic E-state index is 5.54. The molecule has 3 nitrogen and oxygen atoms in total. The molecule has 0 heterocycles. The van der Waals surface area contributed by atoms with Crippen molar-refractivity contribution in [3.63, 3.8) is 0 Å². The van der Waals surface area contributed by atoms with E-state index in [1.165, 1.54) is 5.56 Å². The van der Waals surface area contributed by atoms with Gasteiger partial charge in [-0.15, -0.1) is 0 Å². The summed E-state index contributed by atoms with van der Waals surface area (Å²) in [5.41, 5.74) is 2.29. The van der Waals surface area contributed by atoms with E-state index >= 15 is 0 Å². The Balaban J connectivity index is 2.25. The average Bonchev–Trinajstić information content (AvgIpc) is 2.37. The third kappa shape index (κ3) is 6.42. The van der Waals surface area contributed by atoms with E-state index in [-0.39, 0.29) is 0 Å². The van der Waals surface area contributed by atoms with Crippen LogP contribution in [0.25, 0.3) is 0 Å². The van der Waals surface area contributed by atoms with Crippen molar-refractivity contribution in [3.8, 4) is 5.75 Å². The van der Waals surface area contributed by atoms with E-state index < -0.39 is 0 Å². The van der Waals surface area contributed by atoms with Crippen LogP contribution < -0.4 is 10.1 Å². The lowest BCUT2D eigenvalue weighted by Crippen LogP contribution is -2.16. The van der Waals surface area contributed by atoms with E-state index in [2.05, 4.69) is 24.0 Å². The first kappa shape index (κ1) is 14.7. The molecule has 0 spiro atoms. The molecule has 0 fully saturated rings. The molecule has 18 heavy (non-hydrogen) atoms. The van der Waals surface area contributed by atoms with Crippen LogP contribution in [0, 0.1) is 0 Å². The minimum atomic E-state index is 0.578. The fraction of sp³-hybridized carbons (Fsp3) is 0.467. The average molecular weight is 249 g/mol. The smallest absolute Gasteiger partial charge is 0.119 e. The van der Waals surface area contributed by atoms with Gasteiger partial charge in [0.15, 0.2) is 0 Å². The number of nitrogens with one attached hydrogen (secondary N) is 1. The molecule has 0 aliphatic carbocycles. The second kappa shape index (κ2) is 8.72. The van der Waals surface area contributed by atoms with Gasteiger partial charge in [-0.2, -0.15) is 0 Å². The Kier molecular flexibility index (Phi) is 7.14. The summed E-state index contributed by atoms with van der Waals surface area (Å²) < 4.78 is 10.5. The lowest BCUT2D eigenvalue weighted by Gasteiger charge is -2.08. The van der Waals surface area contributed by atoms with Crippen molar-refractivity contribution in [3.05, 3.63) is 42.0 Å². The molecule has 0 aromatic heterocycles. The van der Waals surface area contributed by atoms with E-state index in [1.807, 2.05) is 19.1 Å². The Labute approximate surface area is 110 Å². The molecule has 0 aliphatic rings. The summed E-state index contributed by atoms with van der Waals surface area (Å²) in [6, 6.07) is 8.15. The van der Waals surface area contributed by atoms with Crippen molar-refractivity contribution in [2.24, 2.45) is 0 Å². The maximum atomic E-state index is 5.54. The van der Waals surface area contributed by atoms with Crippen LogP contribution in [0.5, 0.6) is 5.75 Å². The zero-order chi connectivity index (χ0) is 13.2. The van der Waals surface area contributed by atoms with Gasteiger partial charge in [0.1, 0.15) is 12.4 Å². The summed E-state index contributed by atoms with van der Waals surface area (Å²) in [6.07, 6.45) is 1.04. The van der Waals surface area contributed by atoms with Gasteiger partial charge in [0.05, 0.1) is 0 Å². The van der Waals surface area contributed by atoms with Gasteiger partial charge >= 0.3 is 0 Å². The van der Waals surface area contributed by atoms with Crippen molar-refractivity contribution in [1.29, 1.82) is 0 Å². The molecule has 0 amide bonds. The minimum absolute atomic E-state index is 0.578.